The maximum Gasteiger partial charge on any atom is 0.335 e. The van der Waals surface area contributed by atoms with Crippen LogP contribution in [0.3, 0.4) is 0 Å². The molecule has 47 atom stereocenters. The first-order valence-electron chi connectivity index (χ1n) is 45.7. The monoisotopic (exact) mass is 1850 g/mol. The van der Waals surface area contributed by atoms with Crippen molar-refractivity contribution in [2.24, 2.45) is 68.0 Å². The first-order valence-corrected chi connectivity index (χ1v) is 45.7. The molecule has 5 aliphatic carbocycles. The van der Waals surface area contributed by atoms with E-state index in [9.17, 15) is 121 Å². The highest BCUT2D eigenvalue weighted by molar-refractivity contribution is 5.80. The number of carboxylic acid groups (broad SMARTS) is 1. The predicted octanol–water partition coefficient (Wildman–Crippen LogP) is -2.87. The molecule has 129 heavy (non-hydrogen) atoms. The molecule has 12 rings (SSSR count). The van der Waals surface area contributed by atoms with E-state index < -0.39 is 328 Å². The number of aliphatic hydroxyl groups is 19. The molecule has 11 fully saturated rings. The lowest BCUT2D eigenvalue weighted by molar-refractivity contribution is -0.391. The van der Waals surface area contributed by atoms with Gasteiger partial charge in [-0.25, -0.2) is 4.79 Å². The summed E-state index contributed by atoms with van der Waals surface area (Å²) in [5.41, 5.74) is -7.51. The van der Waals surface area contributed by atoms with Crippen molar-refractivity contribution in [1.82, 2.24) is 0 Å². The fourth-order valence-corrected chi connectivity index (χ4v) is 23.1. The van der Waals surface area contributed by atoms with Crippen molar-refractivity contribution in [1.29, 1.82) is 0 Å². The number of carbonyl (C=O) groups is 5. The van der Waals surface area contributed by atoms with Gasteiger partial charge >= 0.3 is 23.9 Å². The molecule has 20 N–H and O–H groups in total. The normalized spacial score (nSPS) is 48.4. The van der Waals surface area contributed by atoms with Gasteiger partial charge in [-0.1, -0.05) is 101 Å². The van der Waals surface area contributed by atoms with E-state index in [-0.39, 0.29) is 55.8 Å². The average Bonchev–Trinajstić information content (AvgIpc) is 0.989. The van der Waals surface area contributed by atoms with Crippen molar-refractivity contribution in [2.75, 3.05) is 33.0 Å². The Hall–Kier alpha value is -3.99. The Morgan fingerprint density at radius 1 is 0.535 bits per heavy atom. The molecule has 0 aromatic heterocycles. The average molecular weight is 1860 g/mol. The van der Waals surface area contributed by atoms with E-state index >= 15 is 4.79 Å². The molecule has 740 valence electrons. The van der Waals surface area contributed by atoms with Gasteiger partial charge in [0.25, 0.3) is 0 Å². The summed E-state index contributed by atoms with van der Waals surface area (Å²) < 4.78 is 96.7. The summed E-state index contributed by atoms with van der Waals surface area (Å²) in [4.78, 5) is 71.5. The van der Waals surface area contributed by atoms with Crippen molar-refractivity contribution in [3.8, 4) is 0 Å². The van der Waals surface area contributed by atoms with Crippen LogP contribution in [-0.2, 0) is 99.8 Å². The minimum Gasteiger partial charge on any atom is -0.479 e. The highest BCUT2D eigenvalue weighted by atomic mass is 16.8. The van der Waals surface area contributed by atoms with E-state index in [1.165, 1.54) is 13.8 Å². The van der Waals surface area contributed by atoms with Gasteiger partial charge < -0.3 is 183 Å². The fraction of sp³-hybridized carbons (Fsp3) is 0.920. The summed E-state index contributed by atoms with van der Waals surface area (Å²) >= 11 is 0. The highest BCUT2D eigenvalue weighted by Crippen LogP contribution is 2.76. The second-order valence-electron chi connectivity index (χ2n) is 40.7. The van der Waals surface area contributed by atoms with Crippen LogP contribution in [0.2, 0.25) is 0 Å². The molecule has 7 heterocycles. The van der Waals surface area contributed by atoms with Gasteiger partial charge in [-0.05, 0) is 135 Å². The fourth-order valence-electron chi connectivity index (χ4n) is 23.1. The van der Waals surface area contributed by atoms with Crippen LogP contribution in [0.1, 0.15) is 186 Å². The number of aliphatic hydroxyl groups excluding tert-OH is 18. The van der Waals surface area contributed by atoms with Gasteiger partial charge in [-0.15, -0.1) is 0 Å². The van der Waals surface area contributed by atoms with Crippen LogP contribution >= 0.6 is 0 Å². The lowest BCUT2D eigenvalue weighted by Gasteiger charge is -2.71. The van der Waals surface area contributed by atoms with Gasteiger partial charge in [0.1, 0.15) is 133 Å². The Morgan fingerprint density at radius 3 is 1.77 bits per heavy atom. The number of carboxylic acids is 1. The summed E-state index contributed by atoms with van der Waals surface area (Å²) in [6, 6.07) is 0. The van der Waals surface area contributed by atoms with Crippen molar-refractivity contribution in [3.05, 3.63) is 11.6 Å². The number of esters is 3. The second-order valence-corrected chi connectivity index (χ2v) is 40.7. The molecule has 12 aliphatic rings. The third-order valence-corrected chi connectivity index (χ3v) is 32.0. The summed E-state index contributed by atoms with van der Waals surface area (Å²) in [5, 5.41) is 224. The van der Waals surface area contributed by atoms with Crippen LogP contribution in [0.25, 0.3) is 0 Å². The zero-order valence-corrected chi connectivity index (χ0v) is 75.5. The molecule has 0 spiro atoms. The Balaban J connectivity index is 0.805. The van der Waals surface area contributed by atoms with Crippen LogP contribution in [-0.4, -0.2) is 386 Å². The zero-order valence-electron chi connectivity index (χ0n) is 75.5. The van der Waals surface area contributed by atoms with Gasteiger partial charge in [0.2, 0.25) is 6.29 Å². The molecule has 7 saturated heterocycles. The summed E-state index contributed by atoms with van der Waals surface area (Å²) in [6.07, 6.45) is -57.2. The molecule has 41 nitrogen and oxygen atoms in total. The number of ether oxygens (including phenoxy) is 16. The van der Waals surface area contributed by atoms with E-state index in [2.05, 4.69) is 33.8 Å². The lowest BCUT2D eigenvalue weighted by Crippen LogP contribution is -2.69. The van der Waals surface area contributed by atoms with Gasteiger partial charge in [-0.3, -0.25) is 14.4 Å². The van der Waals surface area contributed by atoms with Crippen LogP contribution in [0.4, 0.5) is 0 Å². The molecular formula is C88H142O41. The van der Waals surface area contributed by atoms with E-state index in [1.54, 1.807) is 13.8 Å². The summed E-state index contributed by atoms with van der Waals surface area (Å²) in [7, 11) is 0. The highest BCUT2D eigenvalue weighted by Gasteiger charge is 2.74. The molecular weight excluding hydrogens is 1710 g/mol. The molecule has 15 unspecified atom stereocenters. The summed E-state index contributed by atoms with van der Waals surface area (Å²) in [6.45, 7) is 20.9. The number of allylic oxidation sites excluding steroid dienone is 2. The number of aldehydes is 1. The maximum absolute atomic E-state index is 16.3. The predicted molar refractivity (Wildman–Crippen MR) is 435 cm³/mol. The molecule has 0 amide bonds. The van der Waals surface area contributed by atoms with Crippen LogP contribution < -0.4 is 0 Å². The molecule has 0 bridgehead atoms. The molecule has 0 aromatic carbocycles. The topological polar surface area (TPSA) is 638 Å². The van der Waals surface area contributed by atoms with Crippen molar-refractivity contribution < 1.29 is 202 Å². The smallest absolute Gasteiger partial charge is 0.335 e. The first-order chi connectivity index (χ1) is 60.5. The molecule has 41 heteroatoms. The molecule has 4 saturated carbocycles. The number of rotatable bonds is 32. The van der Waals surface area contributed by atoms with E-state index in [1.807, 2.05) is 34.6 Å². The number of aliphatic carboxylic acids is 1. The van der Waals surface area contributed by atoms with Crippen molar-refractivity contribution >= 4 is 30.2 Å². The minimum atomic E-state index is -2.25. The Bertz CT molecular complexity index is 3810. The van der Waals surface area contributed by atoms with Gasteiger partial charge in [0.15, 0.2) is 56.1 Å². The number of fused-ring (bicyclic) bond motifs is 7. The van der Waals surface area contributed by atoms with Crippen LogP contribution in [0.5, 0.6) is 0 Å². The number of hydrogen-bond acceptors (Lipinski definition) is 40. The third-order valence-electron chi connectivity index (χ3n) is 32.0. The van der Waals surface area contributed by atoms with Crippen LogP contribution in [0, 0.1) is 68.0 Å². The van der Waals surface area contributed by atoms with Crippen molar-refractivity contribution in [3.63, 3.8) is 0 Å². The van der Waals surface area contributed by atoms with Crippen LogP contribution in [0.15, 0.2) is 11.6 Å². The quantitative estimate of drug-likeness (QED) is 0.0106. The number of carbonyl (C=O) groups excluding carboxylic acids is 4. The number of hydrogen-bond donors (Lipinski definition) is 20. The molecule has 0 radical (unpaired) electrons. The zero-order chi connectivity index (χ0) is 94.9. The molecule has 7 aliphatic heterocycles. The minimum absolute atomic E-state index is 0.0341. The SMILES string of the molecule is CC[C@H](C)[C@H](C[C@H](O)CC(=O)O[C@@H]1C(C)O[C@@H](OC(=O)[C@]23CCC(C)(C)CC2C2=CCC4[C@@]5(C)CC[C@H](O[C@@H]6OC(C(=O)O)[C@H](O)[C@H](O[C@@H]7OC[C@@H](O)[C@H](O)C7O)C6O[C@@H]6OC(CO)[C@H](O)[C@H](O)C6O)[C@@](C)(C=O)C5CC[C@@]4(C)[C@]2(C)C[C@H]3O)[C@H](O[C@@H]2OC(C)[C@H](OC3OCC(O)[C@H](O[C@@H]4OC[C@](O)(CO)C4O)[C@@H]3O)[C@H](O)C2O)C1O)OC(=O)C[C@@H](O)C[C@H](C)[C@@H](C)CC. The third kappa shape index (κ3) is 20.1. The van der Waals surface area contributed by atoms with E-state index in [0.29, 0.717) is 51.4 Å². The Labute approximate surface area is 748 Å². The Morgan fingerprint density at radius 2 is 1.12 bits per heavy atom. The lowest BCUT2D eigenvalue weighted by atomic mass is 9.33. The van der Waals surface area contributed by atoms with Crippen molar-refractivity contribution in [2.45, 2.75) is 407 Å². The van der Waals surface area contributed by atoms with E-state index in [0.717, 1.165) is 18.3 Å². The Kier molecular flexibility index (Phi) is 33.0. The standard InChI is InChI=1S/C88H142O41/c1-14-36(3)38(5)24-41(92)26-53(97)119-47(37(4)15-2)25-42(93)27-54(98)122-66-40(7)118-78(70(62(66)106)127-76-61(105)58(102)65(39(6)117-76)123-75-64(108)67(46(95)32-115-75)124-80-72(109)87(113,34-91)35-116-80)129-81(112)88-23-22-82(8,9)28-44(88)43-16-17-50-83(10)20-19-52(84(11,33-90)49(83)18-21-85(50,12)86(43,13)29-51(88)96)121-79-71(128-77-60(104)57(101)56(100)48(30-89)120-77)68(63(107)69(126-79)73(110)111)125-74-59(103)55(99)45(94)31-114-74/h16,33,36-42,44-52,55-72,74-80,89,91-96,99-109,113H,14-15,17-32,34-35H2,1-13H3,(H,110,111)/t36-,37-,38-,39?,40?,41-,42-,44?,45+,46?,47-,48?,49?,50?,51+,52-,55-,56-,57-,58+,59?,60?,61?,62?,63+,64-,65-,66+,67-,68-,69?,70+,71?,72?,74-,75?,76-,77-,78-,79+,80-,83-,84-,85+,86+,87+,88+/m0/s1. The molecule has 0 aromatic rings. The second kappa shape index (κ2) is 41.0. The maximum atomic E-state index is 16.3. The van der Waals surface area contributed by atoms with E-state index in [4.69, 9.17) is 75.8 Å². The summed E-state index contributed by atoms with van der Waals surface area (Å²) in [5.74, 6) is -6.11. The van der Waals surface area contributed by atoms with Gasteiger partial charge in [0, 0.05) is 6.42 Å². The van der Waals surface area contributed by atoms with Gasteiger partial charge in [0.05, 0.1) is 87.9 Å². The first kappa shape index (κ1) is 104. The largest absolute Gasteiger partial charge is 0.479 e. The van der Waals surface area contributed by atoms with Gasteiger partial charge in [-0.2, -0.15) is 0 Å².